The highest BCUT2D eigenvalue weighted by Gasteiger charge is 2.35. The lowest BCUT2D eigenvalue weighted by Gasteiger charge is -2.17. The molecule has 1 aliphatic heterocycles. The van der Waals surface area contributed by atoms with E-state index in [0.29, 0.717) is 34.3 Å². The van der Waals surface area contributed by atoms with Crippen molar-refractivity contribution in [3.63, 3.8) is 0 Å². The average Bonchev–Trinajstić information content (AvgIpc) is 2.59. The van der Waals surface area contributed by atoms with Gasteiger partial charge in [-0.25, -0.2) is 8.42 Å². The third-order valence-electron chi connectivity index (χ3n) is 3.66. The fourth-order valence-electron chi connectivity index (χ4n) is 2.23. The molecule has 0 N–H and O–H groups in total. The topological polar surface area (TPSA) is 37.4 Å². The summed E-state index contributed by atoms with van der Waals surface area (Å²) in [5.41, 5.74) is 1.05. The second kappa shape index (κ2) is 4.94. The van der Waals surface area contributed by atoms with E-state index in [9.17, 15) is 8.42 Å². The number of rotatable bonds is 2. The molecule has 1 aromatic carbocycles. The standard InChI is InChI=1S/C13H18BrNO2S/c1-9-4-5-13(12(14)6-9)18(16,17)15-7-10(2)11(3)8-15/h4-6,10-11H,7-8H2,1-3H3. The minimum Gasteiger partial charge on any atom is -0.207 e. The summed E-state index contributed by atoms with van der Waals surface area (Å²) in [5.74, 6) is 0.841. The average molecular weight is 332 g/mol. The van der Waals surface area contributed by atoms with Crippen LogP contribution < -0.4 is 0 Å². The first-order valence-electron chi connectivity index (χ1n) is 6.08. The molecule has 5 heteroatoms. The van der Waals surface area contributed by atoms with E-state index in [2.05, 4.69) is 29.8 Å². The maximum Gasteiger partial charge on any atom is 0.244 e. The number of halogens is 1. The van der Waals surface area contributed by atoms with Crippen molar-refractivity contribution >= 4 is 26.0 Å². The zero-order valence-corrected chi connectivity index (χ0v) is 13.3. The normalized spacial score (nSPS) is 25.6. The van der Waals surface area contributed by atoms with Gasteiger partial charge in [0.15, 0.2) is 0 Å². The van der Waals surface area contributed by atoms with Gasteiger partial charge in [-0.2, -0.15) is 4.31 Å². The Morgan fingerprint density at radius 2 is 1.78 bits per heavy atom. The molecule has 2 rings (SSSR count). The van der Waals surface area contributed by atoms with Crippen molar-refractivity contribution in [1.82, 2.24) is 4.31 Å². The molecule has 0 radical (unpaired) electrons. The second-order valence-electron chi connectivity index (χ2n) is 5.21. The van der Waals surface area contributed by atoms with Crippen molar-refractivity contribution in [3.8, 4) is 0 Å². The number of benzene rings is 1. The molecule has 3 nitrogen and oxygen atoms in total. The van der Waals surface area contributed by atoms with Gasteiger partial charge in [0, 0.05) is 17.6 Å². The Labute approximate surface area is 117 Å². The van der Waals surface area contributed by atoms with Gasteiger partial charge in [0.2, 0.25) is 10.0 Å². The van der Waals surface area contributed by atoms with E-state index in [-0.39, 0.29) is 0 Å². The summed E-state index contributed by atoms with van der Waals surface area (Å²) < 4.78 is 27.4. The van der Waals surface area contributed by atoms with Crippen LogP contribution in [0.1, 0.15) is 19.4 Å². The minimum absolute atomic E-state index is 0.370. The van der Waals surface area contributed by atoms with Gasteiger partial charge in [-0.3, -0.25) is 0 Å². The molecule has 0 aliphatic carbocycles. The highest BCUT2D eigenvalue weighted by atomic mass is 79.9. The fraction of sp³-hybridized carbons (Fsp3) is 0.538. The molecule has 0 aromatic heterocycles. The molecule has 1 saturated heterocycles. The summed E-state index contributed by atoms with van der Waals surface area (Å²) in [7, 11) is -3.37. The van der Waals surface area contributed by atoms with Gasteiger partial charge < -0.3 is 0 Å². The first-order valence-corrected chi connectivity index (χ1v) is 8.32. The summed E-state index contributed by atoms with van der Waals surface area (Å²) in [6.07, 6.45) is 0. The molecule has 1 heterocycles. The van der Waals surface area contributed by atoms with E-state index in [1.54, 1.807) is 10.4 Å². The largest absolute Gasteiger partial charge is 0.244 e. The van der Waals surface area contributed by atoms with Gasteiger partial charge in [-0.05, 0) is 52.4 Å². The minimum atomic E-state index is -3.37. The molecule has 100 valence electrons. The number of sulfonamides is 1. The lowest BCUT2D eigenvalue weighted by molar-refractivity contribution is 0.463. The predicted octanol–water partition coefficient (Wildman–Crippen LogP) is 3.03. The van der Waals surface area contributed by atoms with Crippen LogP contribution in [0, 0.1) is 18.8 Å². The van der Waals surface area contributed by atoms with Crippen LogP contribution >= 0.6 is 15.9 Å². The third-order valence-corrected chi connectivity index (χ3v) is 6.47. The van der Waals surface area contributed by atoms with Crippen molar-refractivity contribution in [2.75, 3.05) is 13.1 Å². The third kappa shape index (κ3) is 2.49. The van der Waals surface area contributed by atoms with Gasteiger partial charge >= 0.3 is 0 Å². The van der Waals surface area contributed by atoms with Crippen molar-refractivity contribution in [1.29, 1.82) is 0 Å². The Balaban J connectivity index is 2.37. The monoisotopic (exact) mass is 331 g/mol. The SMILES string of the molecule is Cc1ccc(S(=O)(=O)N2CC(C)C(C)C2)c(Br)c1. The predicted molar refractivity (Wildman–Crippen MR) is 76.0 cm³/mol. The smallest absolute Gasteiger partial charge is 0.207 e. The lowest BCUT2D eigenvalue weighted by Crippen LogP contribution is -2.29. The highest BCUT2D eigenvalue weighted by Crippen LogP contribution is 2.31. The zero-order chi connectivity index (χ0) is 13.5. The summed E-state index contributed by atoms with van der Waals surface area (Å²) in [6.45, 7) is 7.38. The summed E-state index contributed by atoms with van der Waals surface area (Å²) in [4.78, 5) is 0.370. The van der Waals surface area contributed by atoms with Gasteiger partial charge in [0.1, 0.15) is 0 Å². The van der Waals surface area contributed by atoms with E-state index in [0.717, 1.165) is 5.56 Å². The molecule has 1 fully saturated rings. The number of aryl methyl sites for hydroxylation is 1. The van der Waals surface area contributed by atoms with Crippen LogP contribution in [0.3, 0.4) is 0 Å². The quantitative estimate of drug-likeness (QED) is 0.835. The van der Waals surface area contributed by atoms with E-state index in [4.69, 9.17) is 0 Å². The Kier molecular flexibility index (Phi) is 3.85. The molecule has 0 spiro atoms. The molecule has 0 amide bonds. The van der Waals surface area contributed by atoms with Crippen molar-refractivity contribution in [2.45, 2.75) is 25.7 Å². The molecule has 18 heavy (non-hydrogen) atoms. The Morgan fingerprint density at radius 1 is 1.22 bits per heavy atom. The fourth-order valence-corrected chi connectivity index (χ4v) is 5.02. The van der Waals surface area contributed by atoms with Crippen molar-refractivity contribution in [2.24, 2.45) is 11.8 Å². The lowest BCUT2D eigenvalue weighted by atomic mass is 10.0. The zero-order valence-electron chi connectivity index (χ0n) is 10.9. The maximum atomic E-state index is 12.6. The summed E-state index contributed by atoms with van der Waals surface area (Å²) >= 11 is 3.35. The molecule has 0 bridgehead atoms. The Bertz CT molecular complexity index is 546. The second-order valence-corrected chi connectivity index (χ2v) is 7.97. The van der Waals surface area contributed by atoms with Crippen molar-refractivity contribution in [3.05, 3.63) is 28.2 Å². The van der Waals surface area contributed by atoms with E-state index in [1.807, 2.05) is 19.1 Å². The molecular weight excluding hydrogens is 314 g/mol. The van der Waals surface area contributed by atoms with Crippen LogP contribution in [-0.2, 0) is 10.0 Å². The number of nitrogens with zero attached hydrogens (tertiary/aromatic N) is 1. The molecule has 1 aromatic rings. The number of hydrogen-bond acceptors (Lipinski definition) is 2. The summed E-state index contributed by atoms with van der Waals surface area (Å²) in [5, 5.41) is 0. The molecule has 1 aliphatic rings. The number of hydrogen-bond donors (Lipinski definition) is 0. The summed E-state index contributed by atoms with van der Waals surface area (Å²) in [6, 6.07) is 5.36. The highest BCUT2D eigenvalue weighted by molar-refractivity contribution is 9.10. The van der Waals surface area contributed by atoms with Gasteiger partial charge in [0.25, 0.3) is 0 Å². The van der Waals surface area contributed by atoms with Gasteiger partial charge in [0.05, 0.1) is 4.90 Å². The molecule has 0 saturated carbocycles. The van der Waals surface area contributed by atoms with Crippen LogP contribution in [0.5, 0.6) is 0 Å². The molecular formula is C13H18BrNO2S. The first kappa shape index (κ1) is 14.0. The molecule has 2 atom stereocenters. The van der Waals surface area contributed by atoms with E-state index >= 15 is 0 Å². The first-order chi connectivity index (χ1) is 8.32. The van der Waals surface area contributed by atoms with Crippen LogP contribution in [0.4, 0.5) is 0 Å². The Hall–Kier alpha value is -0.390. The van der Waals surface area contributed by atoms with E-state index in [1.165, 1.54) is 0 Å². The Morgan fingerprint density at radius 3 is 2.28 bits per heavy atom. The van der Waals surface area contributed by atoms with Crippen LogP contribution in [0.15, 0.2) is 27.6 Å². The maximum absolute atomic E-state index is 12.6. The molecule has 2 unspecified atom stereocenters. The van der Waals surface area contributed by atoms with E-state index < -0.39 is 10.0 Å². The van der Waals surface area contributed by atoms with Gasteiger partial charge in [-0.15, -0.1) is 0 Å². The van der Waals surface area contributed by atoms with Crippen molar-refractivity contribution < 1.29 is 8.42 Å². The van der Waals surface area contributed by atoms with Crippen LogP contribution in [0.2, 0.25) is 0 Å². The van der Waals surface area contributed by atoms with Crippen LogP contribution in [-0.4, -0.2) is 25.8 Å². The van der Waals surface area contributed by atoms with Gasteiger partial charge in [-0.1, -0.05) is 19.9 Å². The van der Waals surface area contributed by atoms with Crippen LogP contribution in [0.25, 0.3) is 0 Å².